The lowest BCUT2D eigenvalue weighted by molar-refractivity contribution is 0.0219. The van der Waals surface area contributed by atoms with Gasteiger partial charge in [-0.2, -0.15) is 0 Å². The van der Waals surface area contributed by atoms with Crippen LogP contribution in [0.25, 0.3) is 0 Å². The molecule has 2 N–H and O–H groups in total. The van der Waals surface area contributed by atoms with Crippen molar-refractivity contribution in [3.8, 4) is 0 Å². The van der Waals surface area contributed by atoms with Crippen LogP contribution in [0.15, 0.2) is 0 Å². The van der Waals surface area contributed by atoms with Crippen molar-refractivity contribution in [1.29, 1.82) is 0 Å². The fourth-order valence-corrected chi connectivity index (χ4v) is 2.30. The molecule has 2 nitrogen and oxygen atoms in total. The Bertz CT molecular complexity index is 119. The second kappa shape index (κ2) is 4.83. The standard InChI is InChI=1S/C10H21NO/c1-8(11)10(12-2)9-6-4-3-5-7-9/h8-10H,3-7,11H2,1-2H3/t8-,10?/m0/s1. The first-order valence-electron chi connectivity index (χ1n) is 5.04. The molecular weight excluding hydrogens is 150 g/mol. The zero-order valence-corrected chi connectivity index (χ0v) is 8.25. The monoisotopic (exact) mass is 171 g/mol. The van der Waals surface area contributed by atoms with Crippen molar-refractivity contribution >= 4 is 0 Å². The van der Waals surface area contributed by atoms with Gasteiger partial charge in [0.2, 0.25) is 0 Å². The van der Waals surface area contributed by atoms with Gasteiger partial charge in [-0.1, -0.05) is 19.3 Å². The van der Waals surface area contributed by atoms with E-state index < -0.39 is 0 Å². The molecule has 2 heteroatoms. The Hall–Kier alpha value is -0.0800. The van der Waals surface area contributed by atoms with Crippen LogP contribution in [0.2, 0.25) is 0 Å². The minimum Gasteiger partial charge on any atom is -0.380 e. The van der Waals surface area contributed by atoms with Gasteiger partial charge in [-0.3, -0.25) is 0 Å². The van der Waals surface area contributed by atoms with Gasteiger partial charge in [0.25, 0.3) is 0 Å². The summed E-state index contributed by atoms with van der Waals surface area (Å²) in [4.78, 5) is 0. The molecule has 0 saturated heterocycles. The van der Waals surface area contributed by atoms with Gasteiger partial charge < -0.3 is 10.5 Å². The van der Waals surface area contributed by atoms with Crippen LogP contribution in [0.5, 0.6) is 0 Å². The maximum atomic E-state index is 5.85. The Morgan fingerprint density at radius 3 is 2.25 bits per heavy atom. The van der Waals surface area contributed by atoms with Gasteiger partial charge in [0.15, 0.2) is 0 Å². The lowest BCUT2D eigenvalue weighted by atomic mass is 9.83. The highest BCUT2D eigenvalue weighted by Crippen LogP contribution is 2.28. The van der Waals surface area contributed by atoms with Gasteiger partial charge in [0, 0.05) is 13.2 Å². The molecule has 2 atom stereocenters. The molecule has 72 valence electrons. The Balaban J connectivity index is 2.40. The molecule has 1 rings (SSSR count). The summed E-state index contributed by atoms with van der Waals surface area (Å²) in [7, 11) is 1.78. The fourth-order valence-electron chi connectivity index (χ4n) is 2.30. The van der Waals surface area contributed by atoms with E-state index in [9.17, 15) is 0 Å². The van der Waals surface area contributed by atoms with E-state index in [1.807, 2.05) is 6.92 Å². The van der Waals surface area contributed by atoms with Crippen LogP contribution in [-0.2, 0) is 4.74 Å². The van der Waals surface area contributed by atoms with E-state index in [1.165, 1.54) is 32.1 Å². The maximum absolute atomic E-state index is 5.85. The van der Waals surface area contributed by atoms with E-state index in [0.29, 0.717) is 5.92 Å². The first-order valence-corrected chi connectivity index (χ1v) is 5.04. The number of nitrogens with two attached hydrogens (primary N) is 1. The van der Waals surface area contributed by atoms with Gasteiger partial charge >= 0.3 is 0 Å². The number of methoxy groups -OCH3 is 1. The molecule has 12 heavy (non-hydrogen) atoms. The summed E-state index contributed by atoms with van der Waals surface area (Å²) in [5.41, 5.74) is 5.85. The van der Waals surface area contributed by atoms with Crippen LogP contribution in [0.1, 0.15) is 39.0 Å². The predicted molar refractivity (Wildman–Crippen MR) is 51.0 cm³/mol. The lowest BCUT2D eigenvalue weighted by Crippen LogP contribution is -2.40. The van der Waals surface area contributed by atoms with E-state index in [-0.39, 0.29) is 12.1 Å². The van der Waals surface area contributed by atoms with Gasteiger partial charge in [-0.15, -0.1) is 0 Å². The molecule has 0 aromatic heterocycles. The topological polar surface area (TPSA) is 35.2 Å². The van der Waals surface area contributed by atoms with Crippen LogP contribution in [0.3, 0.4) is 0 Å². The van der Waals surface area contributed by atoms with Gasteiger partial charge in [-0.25, -0.2) is 0 Å². The van der Waals surface area contributed by atoms with Crippen molar-refractivity contribution in [1.82, 2.24) is 0 Å². The van der Waals surface area contributed by atoms with Crippen molar-refractivity contribution in [3.63, 3.8) is 0 Å². The average molecular weight is 171 g/mol. The van der Waals surface area contributed by atoms with E-state index in [0.717, 1.165) is 0 Å². The summed E-state index contributed by atoms with van der Waals surface area (Å²) in [5.74, 6) is 0.712. The molecule has 1 unspecified atom stereocenters. The molecule has 1 aliphatic carbocycles. The van der Waals surface area contributed by atoms with Crippen molar-refractivity contribution in [2.24, 2.45) is 11.7 Å². The number of hydrogen-bond acceptors (Lipinski definition) is 2. The van der Waals surface area contributed by atoms with Crippen LogP contribution in [0, 0.1) is 5.92 Å². The molecule has 1 saturated carbocycles. The van der Waals surface area contributed by atoms with E-state index in [1.54, 1.807) is 7.11 Å². The summed E-state index contributed by atoms with van der Waals surface area (Å²) in [6.07, 6.45) is 7.01. The zero-order valence-electron chi connectivity index (χ0n) is 8.25. The molecule has 0 aliphatic heterocycles. The normalized spacial score (nSPS) is 25.2. The number of hydrogen-bond donors (Lipinski definition) is 1. The lowest BCUT2D eigenvalue weighted by Gasteiger charge is -2.31. The highest BCUT2D eigenvalue weighted by atomic mass is 16.5. The Morgan fingerprint density at radius 1 is 1.25 bits per heavy atom. The van der Waals surface area contributed by atoms with Crippen molar-refractivity contribution in [2.75, 3.05) is 7.11 Å². The van der Waals surface area contributed by atoms with Gasteiger partial charge in [0.05, 0.1) is 6.10 Å². The molecule has 1 fully saturated rings. The third-order valence-electron chi connectivity index (χ3n) is 2.90. The van der Waals surface area contributed by atoms with Crippen molar-refractivity contribution < 1.29 is 4.74 Å². The van der Waals surface area contributed by atoms with Gasteiger partial charge in [0.1, 0.15) is 0 Å². The molecule has 0 spiro atoms. The van der Waals surface area contributed by atoms with Crippen LogP contribution >= 0.6 is 0 Å². The first kappa shape index (κ1) is 10.0. The summed E-state index contributed by atoms with van der Waals surface area (Å²) in [6, 6.07) is 0.179. The van der Waals surface area contributed by atoms with E-state index >= 15 is 0 Å². The largest absolute Gasteiger partial charge is 0.380 e. The average Bonchev–Trinajstić information content (AvgIpc) is 2.07. The summed E-state index contributed by atoms with van der Waals surface area (Å²) >= 11 is 0. The summed E-state index contributed by atoms with van der Waals surface area (Å²) in [5, 5.41) is 0. The minimum absolute atomic E-state index is 0.179. The third-order valence-corrected chi connectivity index (χ3v) is 2.90. The Kier molecular flexibility index (Phi) is 4.02. The Morgan fingerprint density at radius 2 is 1.83 bits per heavy atom. The van der Waals surface area contributed by atoms with Crippen LogP contribution in [0.4, 0.5) is 0 Å². The second-order valence-electron chi connectivity index (χ2n) is 3.96. The zero-order chi connectivity index (χ0) is 8.97. The second-order valence-corrected chi connectivity index (χ2v) is 3.96. The van der Waals surface area contributed by atoms with Crippen molar-refractivity contribution in [2.45, 2.75) is 51.2 Å². The highest BCUT2D eigenvalue weighted by molar-refractivity contribution is 4.79. The Labute approximate surface area is 75.5 Å². The smallest absolute Gasteiger partial charge is 0.0747 e. The van der Waals surface area contributed by atoms with Crippen LogP contribution in [-0.4, -0.2) is 19.3 Å². The number of rotatable bonds is 3. The molecule has 0 aromatic carbocycles. The third kappa shape index (κ3) is 2.46. The highest BCUT2D eigenvalue weighted by Gasteiger charge is 2.25. The van der Waals surface area contributed by atoms with E-state index in [2.05, 4.69) is 0 Å². The summed E-state index contributed by atoms with van der Waals surface area (Å²) < 4.78 is 5.43. The van der Waals surface area contributed by atoms with Gasteiger partial charge in [-0.05, 0) is 25.7 Å². The molecular formula is C10H21NO. The number of ether oxygens (including phenoxy) is 1. The SMILES string of the molecule is COC(C1CCCCC1)[C@H](C)N. The molecule has 0 bridgehead atoms. The van der Waals surface area contributed by atoms with Crippen molar-refractivity contribution in [3.05, 3.63) is 0 Å². The molecule has 0 amide bonds. The molecule has 0 radical (unpaired) electrons. The molecule has 1 aliphatic rings. The quantitative estimate of drug-likeness (QED) is 0.704. The fraction of sp³-hybridized carbons (Fsp3) is 1.00. The predicted octanol–water partition coefficient (Wildman–Crippen LogP) is 1.93. The summed E-state index contributed by atoms with van der Waals surface area (Å²) in [6.45, 7) is 2.04. The minimum atomic E-state index is 0.179. The molecule has 0 heterocycles. The van der Waals surface area contributed by atoms with Crippen LogP contribution < -0.4 is 5.73 Å². The van der Waals surface area contributed by atoms with E-state index in [4.69, 9.17) is 10.5 Å². The molecule has 0 aromatic rings. The maximum Gasteiger partial charge on any atom is 0.0747 e. The first-order chi connectivity index (χ1) is 5.75.